The van der Waals surface area contributed by atoms with E-state index >= 15 is 0 Å². The molecule has 0 saturated heterocycles. The molecule has 34 valence electrons. The van der Waals surface area contributed by atoms with Gasteiger partial charge in [0.1, 0.15) is 7.28 Å². The molecule has 0 spiro atoms. The lowest BCUT2D eigenvalue weighted by molar-refractivity contribution is 0.956. The molecular formula is C4H12B2. The van der Waals surface area contributed by atoms with Crippen LogP contribution in [0.4, 0.5) is 0 Å². The summed E-state index contributed by atoms with van der Waals surface area (Å²) in [5.74, 6) is 0. The first-order chi connectivity index (χ1) is 2.56. The fourth-order valence-electron chi connectivity index (χ4n) is 0. The van der Waals surface area contributed by atoms with Gasteiger partial charge in [0, 0.05) is 0 Å². The molecule has 0 bridgehead atoms. The van der Waals surface area contributed by atoms with Gasteiger partial charge in [-0.3, -0.25) is 0 Å². The van der Waals surface area contributed by atoms with Crippen LogP contribution in [0.15, 0.2) is 0 Å². The van der Waals surface area contributed by atoms with Gasteiger partial charge in [0.15, 0.2) is 0 Å². The van der Waals surface area contributed by atoms with E-state index < -0.39 is 0 Å². The van der Waals surface area contributed by atoms with Gasteiger partial charge in [-0.15, -0.1) is 0 Å². The van der Waals surface area contributed by atoms with E-state index in [9.17, 15) is 0 Å². The minimum absolute atomic E-state index is 0.542. The van der Waals surface area contributed by atoms with E-state index in [4.69, 9.17) is 0 Å². The van der Waals surface area contributed by atoms with Crippen LogP contribution in [-0.2, 0) is 0 Å². The maximum absolute atomic E-state index is 2.24. The van der Waals surface area contributed by atoms with Crippen molar-refractivity contribution >= 4 is 15.1 Å². The highest BCUT2D eigenvalue weighted by Crippen LogP contribution is 2.13. The Bertz CT molecular complexity index is 35.3. The summed E-state index contributed by atoms with van der Waals surface area (Å²) in [5.41, 5.74) is 0. The predicted octanol–water partition coefficient (Wildman–Crippen LogP) is 0.260. The summed E-state index contributed by atoms with van der Waals surface area (Å²) in [6.07, 6.45) is 0. The van der Waals surface area contributed by atoms with Crippen LogP contribution in [-0.4, -0.2) is 15.1 Å². The molecule has 0 amide bonds. The predicted molar refractivity (Wildman–Crippen MR) is 35.6 cm³/mol. The van der Waals surface area contributed by atoms with Gasteiger partial charge in [0.2, 0.25) is 0 Å². The minimum Gasteiger partial charge on any atom is -0.0895 e. The number of hydrogen-bond acceptors (Lipinski definition) is 0. The molecule has 0 aliphatic rings. The normalized spacial score (nSPS) is 11.2. The molecule has 0 aromatic heterocycles. The first kappa shape index (κ1) is 6.13. The summed E-state index contributed by atoms with van der Waals surface area (Å²) in [7, 11) is 3.51. The molecule has 0 rings (SSSR count). The average Bonchev–Trinajstić information content (AvgIpc) is 1.35. The zero-order valence-corrected chi connectivity index (χ0v) is 5.21. The molecule has 0 fully saturated rings. The monoisotopic (exact) mass is 82.1 g/mol. The molecule has 0 nitrogen and oxygen atoms in total. The van der Waals surface area contributed by atoms with Crippen molar-refractivity contribution in [3.63, 3.8) is 0 Å². The van der Waals surface area contributed by atoms with Crippen LogP contribution in [0.25, 0.3) is 0 Å². The molecule has 0 atom stereocenters. The Morgan fingerprint density at radius 2 is 1.67 bits per heavy atom. The fourth-order valence-corrected chi connectivity index (χ4v) is 0. The molecular weight excluding hydrogens is 69.7 g/mol. The lowest BCUT2D eigenvalue weighted by atomic mass is 9.46. The lowest BCUT2D eigenvalue weighted by Gasteiger charge is -2.10. The molecule has 0 heterocycles. The van der Waals surface area contributed by atoms with E-state index in [1.807, 2.05) is 0 Å². The Morgan fingerprint density at radius 1 is 1.50 bits per heavy atom. The van der Waals surface area contributed by atoms with Crippen LogP contribution in [0.5, 0.6) is 0 Å². The van der Waals surface area contributed by atoms with Crippen LogP contribution in [0.2, 0.25) is 12.0 Å². The summed E-state index contributed by atoms with van der Waals surface area (Å²) in [6, 6.07) is 0. The van der Waals surface area contributed by atoms with Crippen LogP contribution in [0, 0.1) is 0 Å². The zero-order valence-electron chi connectivity index (χ0n) is 5.21. The van der Waals surface area contributed by atoms with Gasteiger partial charge >= 0.3 is 0 Å². The van der Waals surface area contributed by atoms with Gasteiger partial charge in [-0.1, -0.05) is 25.9 Å². The van der Waals surface area contributed by atoms with Gasteiger partial charge in [0.25, 0.3) is 0 Å². The quantitative estimate of drug-likeness (QED) is 0.398. The van der Waals surface area contributed by atoms with Crippen molar-refractivity contribution in [2.45, 2.75) is 25.9 Å². The van der Waals surface area contributed by atoms with E-state index in [2.05, 4.69) is 28.5 Å². The van der Waals surface area contributed by atoms with Gasteiger partial charge < -0.3 is 0 Å². The van der Waals surface area contributed by atoms with E-state index in [1.54, 1.807) is 0 Å². The van der Waals surface area contributed by atoms with Gasteiger partial charge in [-0.2, -0.15) is 0 Å². The highest BCUT2D eigenvalue weighted by molar-refractivity contribution is 6.52. The molecule has 0 unspecified atom stereocenters. The van der Waals surface area contributed by atoms with E-state index in [0.29, 0.717) is 5.21 Å². The van der Waals surface area contributed by atoms with E-state index in [1.165, 1.54) is 7.28 Å². The number of hydrogen-bond donors (Lipinski definition) is 0. The summed E-state index contributed by atoms with van der Waals surface area (Å²) in [4.78, 5) is 0. The molecule has 2 heteroatoms. The molecule has 0 saturated carbocycles. The minimum atomic E-state index is 0.542. The molecule has 0 aliphatic carbocycles. The molecule has 0 N–H and O–H groups in total. The standard InChI is InChI=1S/C4H12B2/c1-4(2,5)6-3/h6H,5H2,1-3H3. The lowest BCUT2D eigenvalue weighted by Crippen LogP contribution is -2.07. The van der Waals surface area contributed by atoms with Crippen molar-refractivity contribution in [2.24, 2.45) is 0 Å². The first-order valence-corrected chi connectivity index (χ1v) is 2.56. The summed E-state index contributed by atoms with van der Waals surface area (Å²) in [6.45, 7) is 6.69. The SMILES string of the molecule is BC(C)(C)BC. The van der Waals surface area contributed by atoms with Crippen LogP contribution >= 0.6 is 0 Å². The fraction of sp³-hybridized carbons (Fsp3) is 1.00. The summed E-state index contributed by atoms with van der Waals surface area (Å²) in [5, 5.41) is 0.542. The van der Waals surface area contributed by atoms with Crippen molar-refractivity contribution in [3.05, 3.63) is 0 Å². The van der Waals surface area contributed by atoms with Crippen molar-refractivity contribution in [1.82, 2.24) is 0 Å². The van der Waals surface area contributed by atoms with E-state index in [0.717, 1.165) is 0 Å². The molecule has 0 aromatic carbocycles. The number of rotatable bonds is 1. The van der Waals surface area contributed by atoms with Crippen molar-refractivity contribution in [2.75, 3.05) is 0 Å². The summed E-state index contributed by atoms with van der Waals surface area (Å²) < 4.78 is 0. The second-order valence-electron chi connectivity index (χ2n) is 2.91. The Morgan fingerprint density at radius 3 is 1.67 bits per heavy atom. The van der Waals surface area contributed by atoms with Crippen molar-refractivity contribution < 1.29 is 0 Å². The Kier molecular flexibility index (Phi) is 1.76. The van der Waals surface area contributed by atoms with Gasteiger partial charge in [-0.25, -0.2) is 0 Å². The zero-order chi connectivity index (χ0) is 5.21. The van der Waals surface area contributed by atoms with Crippen LogP contribution < -0.4 is 0 Å². The molecule has 0 radical (unpaired) electrons. The van der Waals surface area contributed by atoms with E-state index in [-0.39, 0.29) is 0 Å². The highest BCUT2D eigenvalue weighted by atomic mass is 13.8. The third kappa shape index (κ3) is 4.13. The maximum Gasteiger partial charge on any atom is 0.115 e. The van der Waals surface area contributed by atoms with Gasteiger partial charge in [0.05, 0.1) is 7.85 Å². The van der Waals surface area contributed by atoms with Crippen molar-refractivity contribution in [1.29, 1.82) is 0 Å². The third-order valence-corrected chi connectivity index (χ3v) is 1.06. The highest BCUT2D eigenvalue weighted by Gasteiger charge is 2.05. The topological polar surface area (TPSA) is 0 Å². The summed E-state index contributed by atoms with van der Waals surface area (Å²) >= 11 is 0. The molecule has 6 heavy (non-hydrogen) atoms. The second-order valence-corrected chi connectivity index (χ2v) is 2.91. The Labute approximate surface area is 42.0 Å². The van der Waals surface area contributed by atoms with Crippen molar-refractivity contribution in [3.8, 4) is 0 Å². The third-order valence-electron chi connectivity index (χ3n) is 1.06. The molecule has 0 aromatic rings. The molecule has 0 aliphatic heterocycles. The van der Waals surface area contributed by atoms with Gasteiger partial charge in [-0.05, 0) is 0 Å². The van der Waals surface area contributed by atoms with Crippen LogP contribution in [0.1, 0.15) is 13.8 Å². The Balaban J connectivity index is 3.17. The van der Waals surface area contributed by atoms with Crippen LogP contribution in [0.3, 0.4) is 0 Å². The largest absolute Gasteiger partial charge is 0.115 e. The Hall–Kier alpha value is 0.130. The smallest absolute Gasteiger partial charge is 0.0895 e. The second kappa shape index (κ2) is 1.72. The maximum atomic E-state index is 2.24. The average molecular weight is 81.8 g/mol. The first-order valence-electron chi connectivity index (χ1n) is 2.56.